The summed E-state index contributed by atoms with van der Waals surface area (Å²) in [4.78, 5) is 38.5. The fourth-order valence-electron chi connectivity index (χ4n) is 9.75. The van der Waals surface area contributed by atoms with Crippen molar-refractivity contribution in [3.8, 4) is 0 Å². The zero-order valence-corrected chi connectivity index (χ0v) is 54.4. The van der Waals surface area contributed by atoms with Gasteiger partial charge in [0, 0.05) is 19.3 Å². The maximum Gasteiger partial charge on any atom is 0.306 e. The van der Waals surface area contributed by atoms with Gasteiger partial charge in [-0.1, -0.05) is 303 Å². The van der Waals surface area contributed by atoms with Gasteiger partial charge in [-0.25, -0.2) is 0 Å². The molecule has 0 bridgehead atoms. The molecule has 6 heteroatoms. The second kappa shape index (κ2) is 70.3. The molecule has 0 aliphatic carbocycles. The van der Waals surface area contributed by atoms with Crippen molar-refractivity contribution in [3.05, 3.63) is 122 Å². The molecule has 0 spiro atoms. The van der Waals surface area contributed by atoms with Crippen LogP contribution in [0, 0.1) is 0 Å². The van der Waals surface area contributed by atoms with Crippen LogP contribution in [0.15, 0.2) is 122 Å². The van der Waals surface area contributed by atoms with Gasteiger partial charge in [-0.15, -0.1) is 0 Å². The van der Waals surface area contributed by atoms with Crippen molar-refractivity contribution in [1.29, 1.82) is 0 Å². The quantitative estimate of drug-likeness (QED) is 0.0261. The van der Waals surface area contributed by atoms with Gasteiger partial charge in [-0.2, -0.15) is 0 Å². The number of hydrogen-bond donors (Lipinski definition) is 0. The summed E-state index contributed by atoms with van der Waals surface area (Å²) < 4.78 is 17.0. The van der Waals surface area contributed by atoms with Crippen molar-refractivity contribution in [2.45, 2.75) is 335 Å². The maximum atomic E-state index is 13.0. The minimum atomic E-state index is -0.790. The van der Waals surface area contributed by atoms with Crippen LogP contribution in [0.2, 0.25) is 0 Å². The molecule has 6 nitrogen and oxygen atoms in total. The maximum absolute atomic E-state index is 13.0. The van der Waals surface area contributed by atoms with Crippen LogP contribution < -0.4 is 0 Å². The molecule has 1 unspecified atom stereocenters. The molecule has 0 saturated heterocycles. The molecule has 0 rings (SSSR count). The molecule has 0 saturated carbocycles. The fourth-order valence-corrected chi connectivity index (χ4v) is 9.75. The SMILES string of the molecule is CC/C=C\C/C=C\C/C=C\C/C=C\C/C=C\C/C=C\CCCCCCCCCCCCC(=O)OCC(COC(=O)CCCCCCCCC/C=C\C/C=C\C/C=C\CC)OC(=O)CCCCCCCCCCC/C=C\CCCCCCCC. The number of rotatable bonds is 63. The Morgan fingerprint density at radius 3 is 0.747 bits per heavy atom. The summed E-state index contributed by atoms with van der Waals surface area (Å²) >= 11 is 0. The van der Waals surface area contributed by atoms with E-state index in [9.17, 15) is 14.4 Å². The predicted octanol–water partition coefficient (Wildman–Crippen LogP) is 24.3. The van der Waals surface area contributed by atoms with Gasteiger partial charge in [0.05, 0.1) is 0 Å². The van der Waals surface area contributed by atoms with Crippen LogP contribution in [0.1, 0.15) is 329 Å². The van der Waals surface area contributed by atoms with Crippen LogP contribution in [0.3, 0.4) is 0 Å². The van der Waals surface area contributed by atoms with Gasteiger partial charge < -0.3 is 14.2 Å². The van der Waals surface area contributed by atoms with Crippen molar-refractivity contribution >= 4 is 17.9 Å². The highest BCUT2D eigenvalue weighted by molar-refractivity contribution is 5.71. The molecular weight excluding hydrogens is 1020 g/mol. The van der Waals surface area contributed by atoms with E-state index in [1.165, 1.54) is 167 Å². The third-order valence-electron chi connectivity index (χ3n) is 14.9. The summed E-state index contributed by atoms with van der Waals surface area (Å²) in [6.07, 6.45) is 97.8. The van der Waals surface area contributed by atoms with Gasteiger partial charge in [0.25, 0.3) is 0 Å². The highest BCUT2D eigenvalue weighted by Gasteiger charge is 2.19. The molecule has 0 aliphatic rings. The van der Waals surface area contributed by atoms with E-state index in [4.69, 9.17) is 14.2 Å². The largest absolute Gasteiger partial charge is 0.462 e. The van der Waals surface area contributed by atoms with Gasteiger partial charge >= 0.3 is 17.9 Å². The third-order valence-corrected chi connectivity index (χ3v) is 14.9. The van der Waals surface area contributed by atoms with E-state index in [1.54, 1.807) is 0 Å². The zero-order chi connectivity index (χ0) is 59.9. The second-order valence-corrected chi connectivity index (χ2v) is 23.0. The van der Waals surface area contributed by atoms with Crippen molar-refractivity contribution in [3.63, 3.8) is 0 Å². The van der Waals surface area contributed by atoms with Crippen molar-refractivity contribution in [1.82, 2.24) is 0 Å². The Labute approximate surface area is 513 Å². The molecule has 0 radical (unpaired) electrons. The Balaban J connectivity index is 4.35. The van der Waals surface area contributed by atoms with Crippen molar-refractivity contribution in [2.24, 2.45) is 0 Å². The van der Waals surface area contributed by atoms with Crippen LogP contribution in [0.4, 0.5) is 0 Å². The minimum Gasteiger partial charge on any atom is -0.462 e. The molecule has 474 valence electrons. The fraction of sp³-hybridized carbons (Fsp3) is 0.701. The van der Waals surface area contributed by atoms with E-state index >= 15 is 0 Å². The lowest BCUT2D eigenvalue weighted by molar-refractivity contribution is -0.167. The highest BCUT2D eigenvalue weighted by Crippen LogP contribution is 2.17. The third kappa shape index (κ3) is 68.5. The standard InChI is InChI=1S/C77H130O6/c1-4-7-10-13-16-19-22-25-28-31-33-34-35-36-37-38-39-40-41-42-44-46-49-52-55-58-61-64-67-70-76(79)82-73-74(72-81-75(78)69-66-63-60-57-54-51-48-45-30-27-24-21-18-15-12-9-6-3)83-77(80)71-68-65-62-59-56-53-50-47-43-32-29-26-23-20-17-14-11-8-5-2/h7,9-10,12,16,18-19,21,25-30,33-34,36-37,39-40,74H,4-6,8,11,13-15,17,20,22-24,31-32,35,38,41-73H2,1-3H3/b10-7-,12-9-,19-16-,21-18-,28-25-,29-26-,30-27-,34-33-,37-36-,40-39-. The van der Waals surface area contributed by atoms with Crippen LogP contribution >= 0.6 is 0 Å². The monoisotopic (exact) mass is 1150 g/mol. The Kier molecular flexibility index (Phi) is 66.7. The molecule has 0 amide bonds. The summed E-state index contributed by atoms with van der Waals surface area (Å²) in [6, 6.07) is 0. The molecule has 0 aromatic carbocycles. The number of esters is 3. The van der Waals surface area contributed by atoms with Gasteiger partial charge in [0.15, 0.2) is 6.10 Å². The summed E-state index contributed by atoms with van der Waals surface area (Å²) in [7, 11) is 0. The van der Waals surface area contributed by atoms with E-state index in [1.807, 2.05) is 0 Å². The first kappa shape index (κ1) is 78.8. The first-order valence-electron chi connectivity index (χ1n) is 35.0. The van der Waals surface area contributed by atoms with Crippen LogP contribution in [0.25, 0.3) is 0 Å². The van der Waals surface area contributed by atoms with Crippen LogP contribution in [-0.2, 0) is 28.6 Å². The van der Waals surface area contributed by atoms with E-state index in [-0.39, 0.29) is 31.1 Å². The molecule has 1 atom stereocenters. The van der Waals surface area contributed by atoms with E-state index in [0.717, 1.165) is 122 Å². The van der Waals surface area contributed by atoms with Crippen LogP contribution in [0.5, 0.6) is 0 Å². The van der Waals surface area contributed by atoms with Gasteiger partial charge in [0.1, 0.15) is 13.2 Å². The summed E-state index contributed by atoms with van der Waals surface area (Å²) in [5, 5.41) is 0. The molecule has 83 heavy (non-hydrogen) atoms. The Bertz CT molecular complexity index is 1700. The summed E-state index contributed by atoms with van der Waals surface area (Å²) in [6.45, 7) is 6.43. The Hall–Kier alpha value is -4.19. The molecule has 0 fully saturated rings. The lowest BCUT2D eigenvalue weighted by Crippen LogP contribution is -2.30. The predicted molar refractivity (Wildman–Crippen MR) is 362 cm³/mol. The molecule has 0 aromatic rings. The molecule has 0 aromatic heterocycles. The summed E-state index contributed by atoms with van der Waals surface area (Å²) in [5.74, 6) is -0.889. The zero-order valence-electron chi connectivity index (χ0n) is 54.4. The van der Waals surface area contributed by atoms with E-state index < -0.39 is 6.10 Å². The van der Waals surface area contributed by atoms with E-state index in [2.05, 4.69) is 142 Å². The highest BCUT2D eigenvalue weighted by atomic mass is 16.6. The number of unbranched alkanes of at least 4 members (excludes halogenated alkanes) is 32. The lowest BCUT2D eigenvalue weighted by Gasteiger charge is -2.18. The average Bonchev–Trinajstić information content (AvgIpc) is 3.49. The first-order valence-corrected chi connectivity index (χ1v) is 35.0. The van der Waals surface area contributed by atoms with Crippen molar-refractivity contribution < 1.29 is 28.6 Å². The van der Waals surface area contributed by atoms with Gasteiger partial charge in [-0.3, -0.25) is 14.4 Å². The number of allylic oxidation sites excluding steroid dienone is 20. The van der Waals surface area contributed by atoms with Crippen LogP contribution in [-0.4, -0.2) is 37.2 Å². The minimum absolute atomic E-state index is 0.0848. The number of hydrogen-bond acceptors (Lipinski definition) is 6. The number of ether oxygens (including phenoxy) is 3. The molecule has 0 N–H and O–H groups in total. The van der Waals surface area contributed by atoms with E-state index in [0.29, 0.717) is 19.3 Å². The average molecular weight is 1150 g/mol. The Morgan fingerprint density at radius 1 is 0.253 bits per heavy atom. The van der Waals surface area contributed by atoms with Gasteiger partial charge in [-0.05, 0) is 128 Å². The lowest BCUT2D eigenvalue weighted by atomic mass is 10.0. The van der Waals surface area contributed by atoms with Crippen molar-refractivity contribution in [2.75, 3.05) is 13.2 Å². The normalized spacial score (nSPS) is 12.9. The summed E-state index contributed by atoms with van der Waals surface area (Å²) in [5.41, 5.74) is 0. The first-order chi connectivity index (χ1) is 41.0. The topological polar surface area (TPSA) is 78.9 Å². The smallest absolute Gasteiger partial charge is 0.306 e. The van der Waals surface area contributed by atoms with Gasteiger partial charge in [0.2, 0.25) is 0 Å². The molecular formula is C77H130O6. The Morgan fingerprint density at radius 2 is 0.470 bits per heavy atom. The molecule has 0 heterocycles. The second-order valence-electron chi connectivity index (χ2n) is 23.0. The number of carbonyl (C=O) groups excluding carboxylic acids is 3. The molecule has 0 aliphatic heterocycles. The number of carbonyl (C=O) groups is 3.